The smallest absolute Gasteiger partial charge is 0.175 e. The highest BCUT2D eigenvalue weighted by molar-refractivity contribution is 9.10. The van der Waals surface area contributed by atoms with E-state index in [9.17, 15) is 0 Å². The van der Waals surface area contributed by atoms with Crippen molar-refractivity contribution in [2.24, 2.45) is 0 Å². The lowest BCUT2D eigenvalue weighted by molar-refractivity contribution is 0.351. The minimum atomic E-state index is 0.212. The molecule has 1 unspecified atom stereocenters. The van der Waals surface area contributed by atoms with Gasteiger partial charge < -0.3 is 14.2 Å². The molecule has 1 atom stereocenters. The minimum absolute atomic E-state index is 0.212. The van der Waals surface area contributed by atoms with Crippen LogP contribution in [-0.4, -0.2) is 20.8 Å². The van der Waals surface area contributed by atoms with Crippen LogP contribution in [-0.2, 0) is 4.74 Å². The lowest BCUT2D eigenvalue weighted by atomic mass is 10.1. The SMILES string of the molecule is COc1ccc(C2CO2)c(Br)c1OC. The molecule has 1 heterocycles. The van der Waals surface area contributed by atoms with Gasteiger partial charge in [0.05, 0.1) is 25.3 Å². The zero-order chi connectivity index (χ0) is 10.1. The van der Waals surface area contributed by atoms with Gasteiger partial charge in [-0.15, -0.1) is 0 Å². The van der Waals surface area contributed by atoms with E-state index in [0.717, 1.165) is 28.1 Å². The van der Waals surface area contributed by atoms with E-state index in [0.29, 0.717) is 0 Å². The van der Waals surface area contributed by atoms with Crippen molar-refractivity contribution in [2.45, 2.75) is 6.10 Å². The molecule has 0 bridgehead atoms. The molecule has 0 N–H and O–H groups in total. The van der Waals surface area contributed by atoms with Gasteiger partial charge in [0.2, 0.25) is 0 Å². The van der Waals surface area contributed by atoms with E-state index >= 15 is 0 Å². The first-order valence-corrected chi connectivity index (χ1v) is 5.09. The summed E-state index contributed by atoms with van der Waals surface area (Å²) in [5, 5.41) is 0. The van der Waals surface area contributed by atoms with E-state index in [4.69, 9.17) is 14.2 Å². The Balaban J connectivity index is 2.45. The first-order valence-electron chi connectivity index (χ1n) is 4.30. The molecule has 0 aromatic heterocycles. The second kappa shape index (κ2) is 3.79. The van der Waals surface area contributed by atoms with Crippen LogP contribution in [0.2, 0.25) is 0 Å². The molecule has 1 aliphatic rings. The van der Waals surface area contributed by atoms with Gasteiger partial charge >= 0.3 is 0 Å². The summed E-state index contributed by atoms with van der Waals surface area (Å²) in [6, 6.07) is 3.88. The van der Waals surface area contributed by atoms with Gasteiger partial charge in [0.25, 0.3) is 0 Å². The summed E-state index contributed by atoms with van der Waals surface area (Å²) in [4.78, 5) is 0. The molecule has 0 aliphatic carbocycles. The number of epoxide rings is 1. The molecule has 0 saturated carbocycles. The Morgan fingerprint density at radius 3 is 2.57 bits per heavy atom. The molecule has 0 amide bonds. The fourth-order valence-corrected chi connectivity index (χ4v) is 2.13. The van der Waals surface area contributed by atoms with Crippen LogP contribution in [0.5, 0.6) is 11.5 Å². The highest BCUT2D eigenvalue weighted by atomic mass is 79.9. The molecule has 1 aromatic carbocycles. The van der Waals surface area contributed by atoms with E-state index in [1.165, 1.54) is 0 Å². The molecule has 76 valence electrons. The van der Waals surface area contributed by atoms with E-state index in [2.05, 4.69) is 15.9 Å². The first-order chi connectivity index (χ1) is 6.77. The quantitative estimate of drug-likeness (QED) is 0.781. The zero-order valence-electron chi connectivity index (χ0n) is 8.04. The van der Waals surface area contributed by atoms with E-state index < -0.39 is 0 Å². The van der Waals surface area contributed by atoms with Crippen molar-refractivity contribution in [3.63, 3.8) is 0 Å². The Labute approximate surface area is 91.1 Å². The van der Waals surface area contributed by atoms with Gasteiger partial charge in [0.1, 0.15) is 6.10 Å². The second-order valence-electron chi connectivity index (χ2n) is 3.03. The predicted octanol–water partition coefficient (Wildman–Crippen LogP) is 2.54. The van der Waals surface area contributed by atoms with E-state index in [1.807, 2.05) is 12.1 Å². The Bertz CT molecular complexity index is 347. The van der Waals surface area contributed by atoms with Gasteiger partial charge in [-0.3, -0.25) is 0 Å². The van der Waals surface area contributed by atoms with Crippen LogP contribution in [0.1, 0.15) is 11.7 Å². The lowest BCUT2D eigenvalue weighted by Gasteiger charge is -2.11. The van der Waals surface area contributed by atoms with Crippen LogP contribution < -0.4 is 9.47 Å². The van der Waals surface area contributed by atoms with Crippen LogP contribution in [0.15, 0.2) is 16.6 Å². The molecule has 1 saturated heterocycles. The van der Waals surface area contributed by atoms with Gasteiger partial charge in [-0.25, -0.2) is 0 Å². The molecular weight excluding hydrogens is 248 g/mol. The number of benzene rings is 1. The third kappa shape index (κ3) is 1.60. The first kappa shape index (κ1) is 9.80. The molecule has 14 heavy (non-hydrogen) atoms. The van der Waals surface area contributed by atoms with Crippen LogP contribution >= 0.6 is 15.9 Å². The minimum Gasteiger partial charge on any atom is -0.493 e. The van der Waals surface area contributed by atoms with Crippen molar-refractivity contribution in [1.29, 1.82) is 0 Å². The fourth-order valence-electron chi connectivity index (χ4n) is 1.38. The zero-order valence-corrected chi connectivity index (χ0v) is 9.63. The number of hydrogen-bond donors (Lipinski definition) is 0. The Morgan fingerprint density at radius 1 is 1.36 bits per heavy atom. The lowest BCUT2D eigenvalue weighted by Crippen LogP contribution is -1.94. The van der Waals surface area contributed by atoms with Crippen molar-refractivity contribution >= 4 is 15.9 Å². The van der Waals surface area contributed by atoms with Crippen molar-refractivity contribution in [3.8, 4) is 11.5 Å². The third-order valence-electron chi connectivity index (χ3n) is 2.20. The van der Waals surface area contributed by atoms with Crippen molar-refractivity contribution < 1.29 is 14.2 Å². The molecular formula is C10H11BrO3. The summed E-state index contributed by atoms with van der Waals surface area (Å²) in [5.74, 6) is 1.45. The van der Waals surface area contributed by atoms with Crippen LogP contribution in [0.4, 0.5) is 0 Å². The summed E-state index contributed by atoms with van der Waals surface area (Å²) in [6.45, 7) is 0.786. The monoisotopic (exact) mass is 258 g/mol. The van der Waals surface area contributed by atoms with E-state index in [1.54, 1.807) is 14.2 Å². The van der Waals surface area contributed by atoms with E-state index in [-0.39, 0.29) is 6.10 Å². The van der Waals surface area contributed by atoms with Gasteiger partial charge in [-0.2, -0.15) is 0 Å². The summed E-state index contributed by atoms with van der Waals surface area (Å²) >= 11 is 3.49. The van der Waals surface area contributed by atoms with Gasteiger partial charge in [0, 0.05) is 5.56 Å². The second-order valence-corrected chi connectivity index (χ2v) is 3.82. The summed E-state index contributed by atoms with van der Waals surface area (Å²) < 4.78 is 16.6. The molecule has 0 spiro atoms. The molecule has 0 radical (unpaired) electrons. The number of methoxy groups -OCH3 is 2. The normalized spacial score (nSPS) is 19.2. The number of hydrogen-bond acceptors (Lipinski definition) is 3. The molecule has 4 heteroatoms. The molecule has 1 aromatic rings. The van der Waals surface area contributed by atoms with Gasteiger partial charge in [-0.05, 0) is 22.0 Å². The Morgan fingerprint density at radius 2 is 2.07 bits per heavy atom. The van der Waals surface area contributed by atoms with Gasteiger partial charge in [0.15, 0.2) is 11.5 Å². The summed E-state index contributed by atoms with van der Waals surface area (Å²) in [6.07, 6.45) is 0.212. The number of rotatable bonds is 3. The highest BCUT2D eigenvalue weighted by Gasteiger charge is 2.29. The molecule has 3 nitrogen and oxygen atoms in total. The van der Waals surface area contributed by atoms with Crippen LogP contribution in [0.3, 0.4) is 0 Å². The number of ether oxygens (including phenoxy) is 3. The Kier molecular flexibility index (Phi) is 2.65. The highest BCUT2D eigenvalue weighted by Crippen LogP contribution is 2.43. The van der Waals surface area contributed by atoms with Crippen molar-refractivity contribution in [3.05, 3.63) is 22.2 Å². The fraction of sp³-hybridized carbons (Fsp3) is 0.400. The van der Waals surface area contributed by atoms with Gasteiger partial charge in [-0.1, -0.05) is 6.07 Å². The average Bonchev–Trinajstić information content (AvgIpc) is 3.00. The predicted molar refractivity (Wildman–Crippen MR) is 55.9 cm³/mol. The van der Waals surface area contributed by atoms with Crippen LogP contribution in [0, 0.1) is 0 Å². The maximum atomic E-state index is 5.26. The molecule has 1 aliphatic heterocycles. The van der Waals surface area contributed by atoms with Crippen molar-refractivity contribution in [2.75, 3.05) is 20.8 Å². The number of halogens is 1. The summed E-state index contributed by atoms with van der Waals surface area (Å²) in [7, 11) is 3.25. The Hall–Kier alpha value is -0.740. The standard InChI is InChI=1S/C10H11BrO3/c1-12-7-4-3-6(8-5-14-8)9(11)10(7)13-2/h3-4,8H,5H2,1-2H3. The third-order valence-corrected chi connectivity index (χ3v) is 3.01. The van der Waals surface area contributed by atoms with Crippen LogP contribution in [0.25, 0.3) is 0 Å². The average molecular weight is 259 g/mol. The maximum absolute atomic E-state index is 5.26. The maximum Gasteiger partial charge on any atom is 0.175 e. The molecule has 2 rings (SSSR count). The summed E-state index contributed by atoms with van der Waals surface area (Å²) in [5.41, 5.74) is 1.11. The topological polar surface area (TPSA) is 31.0 Å². The largest absolute Gasteiger partial charge is 0.493 e. The van der Waals surface area contributed by atoms with Crippen molar-refractivity contribution in [1.82, 2.24) is 0 Å². The molecule has 1 fully saturated rings.